The Hall–Kier alpha value is -1.71. The van der Waals surface area contributed by atoms with Crippen LogP contribution in [0.5, 0.6) is 5.75 Å². The number of ether oxygens (including phenoxy) is 1. The molecule has 0 aliphatic heterocycles. The largest absolute Gasteiger partial charge is 0.492 e. The van der Waals surface area contributed by atoms with Crippen LogP contribution in [-0.2, 0) is 9.05 Å². The first-order valence-corrected chi connectivity index (χ1v) is 7.55. The number of hydrogen-bond acceptors (Lipinski definition) is 4. The van der Waals surface area contributed by atoms with Gasteiger partial charge in [0.1, 0.15) is 10.6 Å². The lowest BCUT2D eigenvalue weighted by Gasteiger charge is -2.09. The zero-order valence-corrected chi connectivity index (χ0v) is 11.4. The summed E-state index contributed by atoms with van der Waals surface area (Å²) in [6, 6.07) is 3.46. The standard InChI is InChI=1S/C12H11ClO5S/c1-2-3-4-7-18-10-6-5-9(12(14)15)8-11(10)19(13,16)17/h1,5-6,8H,3-4,7H2,(H,14,15). The topological polar surface area (TPSA) is 80.7 Å². The molecule has 0 heterocycles. The van der Waals surface area contributed by atoms with E-state index >= 15 is 0 Å². The van der Waals surface area contributed by atoms with E-state index in [2.05, 4.69) is 5.92 Å². The van der Waals surface area contributed by atoms with Crippen molar-refractivity contribution in [3.8, 4) is 18.1 Å². The van der Waals surface area contributed by atoms with E-state index in [1.807, 2.05) is 0 Å². The summed E-state index contributed by atoms with van der Waals surface area (Å²) in [5.74, 6) is 1.18. The predicted molar refractivity (Wildman–Crippen MR) is 70.0 cm³/mol. The van der Waals surface area contributed by atoms with Crippen LogP contribution in [0.2, 0.25) is 0 Å². The number of carboxylic acid groups (broad SMARTS) is 1. The van der Waals surface area contributed by atoms with E-state index in [1.165, 1.54) is 12.1 Å². The van der Waals surface area contributed by atoms with E-state index in [1.54, 1.807) is 0 Å². The van der Waals surface area contributed by atoms with Gasteiger partial charge in [-0.2, -0.15) is 0 Å². The minimum absolute atomic E-state index is 0.0111. The Morgan fingerprint density at radius 2 is 2.16 bits per heavy atom. The van der Waals surface area contributed by atoms with Gasteiger partial charge in [0.25, 0.3) is 9.05 Å². The molecule has 0 fully saturated rings. The van der Waals surface area contributed by atoms with Crippen molar-refractivity contribution < 1.29 is 23.1 Å². The Balaban J connectivity index is 3.04. The second kappa shape index (κ2) is 6.45. The molecule has 102 valence electrons. The molecule has 0 atom stereocenters. The third-order valence-corrected chi connectivity index (χ3v) is 3.52. The van der Waals surface area contributed by atoms with Crippen LogP contribution < -0.4 is 4.74 Å². The molecule has 0 saturated heterocycles. The number of rotatable bonds is 6. The molecule has 0 bridgehead atoms. The van der Waals surface area contributed by atoms with Crippen LogP contribution in [0.25, 0.3) is 0 Å². The van der Waals surface area contributed by atoms with Crippen LogP contribution in [0.15, 0.2) is 23.1 Å². The molecule has 0 aliphatic rings. The maximum atomic E-state index is 11.4. The van der Waals surface area contributed by atoms with Gasteiger partial charge in [-0.15, -0.1) is 12.3 Å². The molecule has 0 saturated carbocycles. The SMILES string of the molecule is C#CCCCOc1ccc(C(=O)O)cc1S(=O)(=O)Cl. The Kier molecular flexibility index (Phi) is 5.21. The number of aromatic carboxylic acids is 1. The summed E-state index contributed by atoms with van der Waals surface area (Å²) in [6.45, 7) is 0.218. The van der Waals surface area contributed by atoms with Gasteiger partial charge >= 0.3 is 5.97 Å². The predicted octanol–water partition coefficient (Wildman–Crippen LogP) is 2.10. The quantitative estimate of drug-likeness (QED) is 0.494. The van der Waals surface area contributed by atoms with E-state index in [4.69, 9.17) is 26.9 Å². The molecule has 1 aromatic carbocycles. The number of carbonyl (C=O) groups is 1. The van der Waals surface area contributed by atoms with Crippen molar-refractivity contribution in [1.29, 1.82) is 0 Å². The van der Waals surface area contributed by atoms with Crippen LogP contribution in [-0.4, -0.2) is 26.1 Å². The molecule has 5 nitrogen and oxygen atoms in total. The zero-order chi connectivity index (χ0) is 14.5. The summed E-state index contributed by atoms with van der Waals surface area (Å²) in [7, 11) is 1.16. The van der Waals surface area contributed by atoms with Gasteiger partial charge in [-0.3, -0.25) is 0 Å². The molecule has 1 N–H and O–H groups in total. The molecule has 0 unspecified atom stereocenters. The molecular formula is C12H11ClO5S. The maximum absolute atomic E-state index is 11.4. The van der Waals surface area contributed by atoms with Crippen molar-refractivity contribution in [3.05, 3.63) is 23.8 Å². The molecule has 1 aromatic rings. The van der Waals surface area contributed by atoms with Crippen molar-refractivity contribution in [2.75, 3.05) is 6.61 Å². The fourth-order valence-corrected chi connectivity index (χ4v) is 2.30. The highest BCUT2D eigenvalue weighted by atomic mass is 35.7. The molecule has 19 heavy (non-hydrogen) atoms. The number of halogens is 1. The summed E-state index contributed by atoms with van der Waals surface area (Å²) in [6.07, 6.45) is 6.12. The monoisotopic (exact) mass is 302 g/mol. The maximum Gasteiger partial charge on any atom is 0.335 e. The lowest BCUT2D eigenvalue weighted by atomic mass is 10.2. The minimum atomic E-state index is -4.09. The second-order valence-corrected chi connectivity index (χ2v) is 6.10. The van der Waals surface area contributed by atoms with E-state index in [0.29, 0.717) is 12.8 Å². The lowest BCUT2D eigenvalue weighted by molar-refractivity contribution is 0.0696. The first-order valence-electron chi connectivity index (χ1n) is 5.24. The van der Waals surface area contributed by atoms with Gasteiger partial charge < -0.3 is 9.84 Å². The van der Waals surface area contributed by atoms with Gasteiger partial charge in [-0.25, -0.2) is 13.2 Å². The molecule has 0 radical (unpaired) electrons. The molecule has 7 heteroatoms. The van der Waals surface area contributed by atoms with Crippen LogP contribution in [0.1, 0.15) is 23.2 Å². The first-order chi connectivity index (χ1) is 8.86. The number of carboxylic acids is 1. The van der Waals surface area contributed by atoms with Crippen molar-refractivity contribution >= 4 is 25.7 Å². The van der Waals surface area contributed by atoms with Gasteiger partial charge in [0.2, 0.25) is 0 Å². The highest BCUT2D eigenvalue weighted by molar-refractivity contribution is 8.13. The number of unbranched alkanes of at least 4 members (excludes halogenated alkanes) is 1. The molecule has 1 rings (SSSR count). The van der Waals surface area contributed by atoms with Gasteiger partial charge in [-0.1, -0.05) is 0 Å². The van der Waals surface area contributed by atoms with Crippen LogP contribution in [0.4, 0.5) is 0 Å². The van der Waals surface area contributed by atoms with Crippen LogP contribution >= 0.6 is 10.7 Å². The lowest BCUT2D eigenvalue weighted by Crippen LogP contribution is -2.05. The fraction of sp³-hybridized carbons (Fsp3) is 0.250. The average molecular weight is 303 g/mol. The fourth-order valence-electron chi connectivity index (χ4n) is 1.31. The number of terminal acetylenes is 1. The van der Waals surface area contributed by atoms with Crippen LogP contribution in [0, 0.1) is 12.3 Å². The molecule has 0 aliphatic carbocycles. The van der Waals surface area contributed by atoms with Gasteiger partial charge in [-0.05, 0) is 24.6 Å². The van der Waals surface area contributed by atoms with E-state index in [0.717, 1.165) is 6.07 Å². The second-order valence-electron chi connectivity index (χ2n) is 3.56. The highest BCUT2D eigenvalue weighted by Crippen LogP contribution is 2.28. The van der Waals surface area contributed by atoms with Crippen molar-refractivity contribution in [2.24, 2.45) is 0 Å². The summed E-state index contributed by atoms with van der Waals surface area (Å²) in [4.78, 5) is 10.4. The third-order valence-electron chi connectivity index (χ3n) is 2.18. The zero-order valence-electron chi connectivity index (χ0n) is 9.80. The Bertz CT molecular complexity index is 615. The smallest absolute Gasteiger partial charge is 0.335 e. The van der Waals surface area contributed by atoms with Crippen LogP contribution in [0.3, 0.4) is 0 Å². The van der Waals surface area contributed by atoms with E-state index in [9.17, 15) is 13.2 Å². The van der Waals surface area contributed by atoms with Crippen molar-refractivity contribution in [1.82, 2.24) is 0 Å². The summed E-state index contributed by atoms with van der Waals surface area (Å²) in [5, 5.41) is 8.81. The van der Waals surface area contributed by atoms with E-state index in [-0.39, 0.29) is 22.8 Å². The summed E-state index contributed by atoms with van der Waals surface area (Å²) < 4.78 is 28.0. The normalized spacial score (nSPS) is 10.7. The van der Waals surface area contributed by atoms with Gasteiger partial charge in [0.15, 0.2) is 0 Å². The Labute approximate surface area is 115 Å². The number of hydrogen-bond donors (Lipinski definition) is 1. The average Bonchev–Trinajstić information content (AvgIpc) is 2.33. The Morgan fingerprint density at radius 1 is 1.47 bits per heavy atom. The summed E-state index contributed by atoms with van der Waals surface area (Å²) >= 11 is 0. The molecule has 0 spiro atoms. The number of benzene rings is 1. The Morgan fingerprint density at radius 3 is 2.68 bits per heavy atom. The van der Waals surface area contributed by atoms with E-state index < -0.39 is 15.0 Å². The molecule has 0 aromatic heterocycles. The highest BCUT2D eigenvalue weighted by Gasteiger charge is 2.19. The summed E-state index contributed by atoms with van der Waals surface area (Å²) in [5.41, 5.74) is -0.185. The van der Waals surface area contributed by atoms with Gasteiger partial charge in [0, 0.05) is 17.1 Å². The van der Waals surface area contributed by atoms with Gasteiger partial charge in [0.05, 0.1) is 12.2 Å². The molecule has 0 amide bonds. The third kappa shape index (κ3) is 4.47. The first kappa shape index (κ1) is 15.3. The molecular weight excluding hydrogens is 292 g/mol. The minimum Gasteiger partial charge on any atom is -0.492 e. The van der Waals surface area contributed by atoms with Crippen molar-refractivity contribution in [2.45, 2.75) is 17.7 Å². The van der Waals surface area contributed by atoms with Crippen molar-refractivity contribution in [3.63, 3.8) is 0 Å².